The predicted octanol–water partition coefficient (Wildman–Crippen LogP) is 1.86. The molecule has 3 N–H and O–H groups in total. The van der Waals surface area contributed by atoms with Crippen LogP contribution in [0.3, 0.4) is 0 Å². The summed E-state index contributed by atoms with van der Waals surface area (Å²) in [5, 5.41) is 19.4. The van der Waals surface area contributed by atoms with Crippen molar-refractivity contribution in [3.05, 3.63) is 73.0 Å². The summed E-state index contributed by atoms with van der Waals surface area (Å²) in [5.41, 5.74) is 2.98. The Morgan fingerprint density at radius 2 is 1.76 bits per heavy atom. The SMILES string of the molecule is O=Cc1cnn2c(CC3CC3)cc(Cl)nc12.O=c1[nH]c(O)c(C=c2cnn3c(=NC4CC4)cc(Cl)nc23)[nH]1. The zero-order valence-electron chi connectivity index (χ0n) is 19.8. The molecular weight excluding hydrogens is 533 g/mol. The van der Waals surface area contributed by atoms with E-state index < -0.39 is 5.69 Å². The molecule has 5 aromatic rings. The van der Waals surface area contributed by atoms with E-state index in [0.717, 1.165) is 37.2 Å². The molecule has 5 heterocycles. The Labute approximate surface area is 223 Å². The highest BCUT2D eigenvalue weighted by atomic mass is 35.5. The lowest BCUT2D eigenvalue weighted by atomic mass is 10.2. The molecule has 0 bridgehead atoms. The van der Waals surface area contributed by atoms with Gasteiger partial charge in [-0.1, -0.05) is 23.2 Å². The monoisotopic (exact) mass is 553 g/mol. The van der Waals surface area contributed by atoms with Gasteiger partial charge in [0.15, 0.2) is 23.1 Å². The summed E-state index contributed by atoms with van der Waals surface area (Å²) in [5.74, 6) is 0.500. The van der Waals surface area contributed by atoms with E-state index in [1.807, 2.05) is 6.07 Å². The summed E-state index contributed by atoms with van der Waals surface area (Å²) < 4.78 is 3.31. The molecule has 194 valence electrons. The van der Waals surface area contributed by atoms with E-state index >= 15 is 0 Å². The average molecular weight is 554 g/mol. The van der Waals surface area contributed by atoms with E-state index in [9.17, 15) is 14.7 Å². The summed E-state index contributed by atoms with van der Waals surface area (Å²) in [4.78, 5) is 39.6. The van der Waals surface area contributed by atoms with Crippen molar-refractivity contribution in [2.45, 2.75) is 38.1 Å². The Bertz CT molecular complexity index is 1860. The van der Waals surface area contributed by atoms with Gasteiger partial charge in [0, 0.05) is 17.0 Å². The molecule has 0 unspecified atom stereocenters. The molecule has 0 aromatic carbocycles. The molecule has 38 heavy (non-hydrogen) atoms. The van der Waals surface area contributed by atoms with Crippen molar-refractivity contribution in [2.75, 3.05) is 0 Å². The van der Waals surface area contributed by atoms with Crippen LogP contribution in [0.1, 0.15) is 47.4 Å². The van der Waals surface area contributed by atoms with Crippen molar-refractivity contribution >= 4 is 46.9 Å². The first kappa shape index (κ1) is 24.3. The summed E-state index contributed by atoms with van der Waals surface area (Å²) in [7, 11) is 0. The largest absolute Gasteiger partial charge is 0.493 e. The lowest BCUT2D eigenvalue weighted by Crippen LogP contribution is -2.18. The highest BCUT2D eigenvalue weighted by molar-refractivity contribution is 6.29. The molecule has 2 aliphatic carbocycles. The first-order chi connectivity index (χ1) is 18.4. The summed E-state index contributed by atoms with van der Waals surface area (Å²) in [6.45, 7) is 0. The van der Waals surface area contributed by atoms with Crippen LogP contribution in [0.15, 0.2) is 34.3 Å². The molecule has 2 aliphatic rings. The number of aromatic amines is 2. The van der Waals surface area contributed by atoms with E-state index in [2.05, 4.69) is 35.1 Å². The highest BCUT2D eigenvalue weighted by Gasteiger charge is 2.24. The molecule has 5 aromatic heterocycles. The van der Waals surface area contributed by atoms with Crippen molar-refractivity contribution in [1.29, 1.82) is 0 Å². The van der Waals surface area contributed by atoms with Gasteiger partial charge in [-0.15, -0.1) is 0 Å². The van der Waals surface area contributed by atoms with E-state index in [4.69, 9.17) is 23.2 Å². The van der Waals surface area contributed by atoms with Crippen LogP contribution in [0.4, 0.5) is 0 Å². The van der Waals surface area contributed by atoms with Gasteiger partial charge in [-0.2, -0.15) is 14.7 Å². The zero-order chi connectivity index (χ0) is 26.4. The lowest BCUT2D eigenvalue weighted by molar-refractivity contribution is 0.112. The fourth-order valence-electron chi connectivity index (χ4n) is 4.02. The lowest BCUT2D eigenvalue weighted by Gasteiger charge is -2.04. The Balaban J connectivity index is 0.000000146. The van der Waals surface area contributed by atoms with Crippen LogP contribution in [-0.2, 0) is 6.42 Å². The first-order valence-electron chi connectivity index (χ1n) is 12.0. The molecule has 2 saturated carbocycles. The first-order valence-corrected chi connectivity index (χ1v) is 12.7. The number of fused-ring (bicyclic) bond motifs is 2. The number of aromatic hydroxyl groups is 1. The minimum atomic E-state index is -0.490. The number of hydrogen-bond donors (Lipinski definition) is 3. The molecule has 14 heteroatoms. The standard InChI is InChI=1S/C13H11ClN6O2.C11H10ClN3O/c14-9-4-10(16-7-1-2-7)20-11(18-9)6(5-15-20)3-8-12(21)19-13(22)17-8;12-10-4-9(3-7-1-2-7)15-11(14-10)8(6-16)5-13-15/h3-5,7,21H,1-2H2,(H2,17,19,22);4-7H,1-3H2. The normalized spacial score (nSPS) is 16.3. The fourth-order valence-corrected chi connectivity index (χ4v) is 4.41. The molecule has 0 atom stereocenters. The molecular formula is C24H21Cl2N9O3. The Morgan fingerprint density at radius 3 is 2.45 bits per heavy atom. The van der Waals surface area contributed by atoms with Gasteiger partial charge in [0.25, 0.3) is 0 Å². The van der Waals surface area contributed by atoms with Crippen LogP contribution >= 0.6 is 23.2 Å². The molecule has 7 rings (SSSR count). The maximum absolute atomic E-state index is 11.2. The van der Waals surface area contributed by atoms with Gasteiger partial charge in [0.05, 0.1) is 24.0 Å². The second-order valence-corrected chi connectivity index (χ2v) is 10.1. The number of carbonyl (C=O) groups excluding carboxylic acids is 1. The summed E-state index contributed by atoms with van der Waals surface area (Å²) in [6, 6.07) is 3.82. The van der Waals surface area contributed by atoms with Crippen LogP contribution in [0, 0.1) is 5.92 Å². The number of aldehydes is 1. The van der Waals surface area contributed by atoms with Crippen molar-refractivity contribution in [1.82, 2.24) is 39.2 Å². The van der Waals surface area contributed by atoms with E-state index in [0.29, 0.717) is 43.9 Å². The minimum Gasteiger partial charge on any atom is -0.493 e. The maximum atomic E-state index is 11.2. The molecule has 2 fully saturated rings. The second kappa shape index (κ2) is 9.69. The maximum Gasteiger partial charge on any atom is 0.326 e. The summed E-state index contributed by atoms with van der Waals surface area (Å²) >= 11 is 12.0. The molecule has 0 radical (unpaired) electrons. The van der Waals surface area contributed by atoms with Crippen molar-refractivity contribution in [3.63, 3.8) is 0 Å². The average Bonchev–Trinajstić information content (AvgIpc) is 3.76. The summed E-state index contributed by atoms with van der Waals surface area (Å²) in [6.07, 6.45) is 11.1. The number of halogens is 2. The third-order valence-corrected chi connectivity index (χ3v) is 6.60. The van der Waals surface area contributed by atoms with Gasteiger partial charge in [0.2, 0.25) is 5.88 Å². The minimum absolute atomic E-state index is 0.241. The van der Waals surface area contributed by atoms with E-state index in [1.54, 1.807) is 27.4 Å². The smallest absolute Gasteiger partial charge is 0.326 e. The van der Waals surface area contributed by atoms with E-state index in [-0.39, 0.29) is 11.6 Å². The topological polar surface area (TPSA) is 159 Å². The quantitative estimate of drug-likeness (QED) is 0.221. The van der Waals surface area contributed by atoms with Gasteiger partial charge < -0.3 is 10.1 Å². The van der Waals surface area contributed by atoms with E-state index in [1.165, 1.54) is 19.0 Å². The van der Waals surface area contributed by atoms with Crippen molar-refractivity contribution < 1.29 is 9.90 Å². The molecule has 0 amide bonds. The molecule has 12 nitrogen and oxygen atoms in total. The molecule has 0 aliphatic heterocycles. The van der Waals surface area contributed by atoms with Gasteiger partial charge in [-0.05, 0) is 50.2 Å². The number of nitrogens with one attached hydrogen (secondary N) is 2. The van der Waals surface area contributed by atoms with Crippen LogP contribution in [-0.4, -0.2) is 56.6 Å². The van der Waals surface area contributed by atoms with Crippen molar-refractivity contribution in [3.8, 4) is 5.88 Å². The number of hydrogen-bond acceptors (Lipinski definition) is 8. The van der Waals surface area contributed by atoms with Crippen molar-refractivity contribution in [2.24, 2.45) is 10.9 Å². The number of nitrogens with zero attached hydrogens (tertiary/aromatic N) is 7. The molecule has 0 saturated heterocycles. The Hall–Kier alpha value is -4.03. The second-order valence-electron chi connectivity index (χ2n) is 9.29. The van der Waals surface area contributed by atoms with Crippen LogP contribution in [0.5, 0.6) is 5.88 Å². The van der Waals surface area contributed by atoms with Gasteiger partial charge >= 0.3 is 5.69 Å². The number of rotatable bonds is 5. The van der Waals surface area contributed by atoms with Crippen LogP contribution in [0.25, 0.3) is 17.4 Å². The van der Waals surface area contributed by atoms with Crippen LogP contribution < -0.4 is 16.4 Å². The predicted molar refractivity (Wildman–Crippen MR) is 138 cm³/mol. The number of carbonyl (C=O) groups is 1. The van der Waals surface area contributed by atoms with Gasteiger partial charge in [0.1, 0.15) is 16.0 Å². The Kier molecular flexibility index (Phi) is 6.20. The number of H-pyrrole nitrogens is 2. The fraction of sp³-hybridized carbons (Fsp3) is 0.292. The van der Waals surface area contributed by atoms with Gasteiger partial charge in [-0.25, -0.2) is 19.3 Å². The third-order valence-electron chi connectivity index (χ3n) is 6.21. The van der Waals surface area contributed by atoms with Crippen LogP contribution in [0.2, 0.25) is 10.3 Å². The number of aromatic nitrogens is 8. The van der Waals surface area contributed by atoms with Gasteiger partial charge in [-0.3, -0.25) is 14.8 Å². The highest BCUT2D eigenvalue weighted by Crippen LogP contribution is 2.33. The Morgan fingerprint density at radius 1 is 1.03 bits per heavy atom. The third kappa shape index (κ3) is 5.04. The zero-order valence-corrected chi connectivity index (χ0v) is 21.3. The number of imidazole rings is 1. The molecule has 0 spiro atoms.